The first kappa shape index (κ1) is 31.2. The van der Waals surface area contributed by atoms with Crippen LogP contribution in [-0.2, 0) is 14.2 Å². The predicted molar refractivity (Wildman–Crippen MR) is 147 cm³/mol. The van der Waals surface area contributed by atoms with Crippen LogP contribution < -0.4 is 18.9 Å². The van der Waals surface area contributed by atoms with Gasteiger partial charge < -0.3 is 68.9 Å². The lowest BCUT2D eigenvalue weighted by Crippen LogP contribution is -2.60. The minimum atomic E-state index is -1.67. The maximum Gasteiger partial charge on any atom is 0.229 e. The van der Waals surface area contributed by atoms with Crippen LogP contribution in [0.3, 0.4) is 0 Å². The van der Waals surface area contributed by atoms with Gasteiger partial charge in [0.15, 0.2) is 0 Å². The minimum Gasteiger partial charge on any atom is -0.497 e. The van der Waals surface area contributed by atoms with Crippen LogP contribution in [0, 0.1) is 13.8 Å². The molecule has 4 heterocycles. The van der Waals surface area contributed by atoms with Crippen molar-refractivity contribution in [3.63, 3.8) is 0 Å². The largest absolute Gasteiger partial charge is 0.497 e. The lowest BCUT2D eigenvalue weighted by molar-refractivity contribution is -0.292. The molecule has 0 unspecified atom stereocenters. The molecule has 4 aliphatic rings. The summed E-state index contributed by atoms with van der Waals surface area (Å²) >= 11 is 0. The van der Waals surface area contributed by atoms with Crippen LogP contribution in [0.4, 0.5) is 0 Å². The van der Waals surface area contributed by atoms with Crippen LogP contribution in [-0.4, -0.2) is 117 Å². The van der Waals surface area contributed by atoms with Crippen molar-refractivity contribution in [3.05, 3.63) is 46.5 Å². The van der Waals surface area contributed by atoms with Gasteiger partial charge in [-0.3, -0.25) is 0 Å². The molecule has 14 nitrogen and oxygen atoms in total. The Kier molecular flexibility index (Phi) is 8.67. The molecule has 12 atom stereocenters. The summed E-state index contributed by atoms with van der Waals surface area (Å²) in [5.74, 6) is 1.42. The van der Waals surface area contributed by atoms with E-state index in [2.05, 4.69) is 0 Å². The average molecular weight is 623 g/mol. The Labute approximate surface area is 252 Å². The van der Waals surface area contributed by atoms with Gasteiger partial charge in [0, 0.05) is 17.5 Å². The first-order valence-corrected chi connectivity index (χ1v) is 14.5. The number of rotatable bonds is 6. The van der Waals surface area contributed by atoms with Crippen LogP contribution >= 0.6 is 0 Å². The van der Waals surface area contributed by atoms with Crippen molar-refractivity contribution in [1.29, 1.82) is 0 Å². The molecule has 0 aromatic heterocycles. The number of methoxy groups -OCH3 is 1. The number of aliphatic hydroxyl groups is 7. The maximum absolute atomic E-state index is 11.0. The van der Waals surface area contributed by atoms with Crippen LogP contribution in [0.2, 0.25) is 0 Å². The summed E-state index contributed by atoms with van der Waals surface area (Å²) < 4.78 is 42.2. The second-order valence-corrected chi connectivity index (χ2v) is 11.5. The zero-order valence-corrected chi connectivity index (χ0v) is 24.3. The van der Waals surface area contributed by atoms with E-state index in [1.165, 1.54) is 0 Å². The van der Waals surface area contributed by atoms with Gasteiger partial charge in [0.25, 0.3) is 0 Å². The average Bonchev–Trinajstić information content (AvgIpc) is 3.20. The van der Waals surface area contributed by atoms with Crippen molar-refractivity contribution in [3.8, 4) is 23.0 Å². The zero-order valence-electron chi connectivity index (χ0n) is 24.3. The maximum atomic E-state index is 11.0. The van der Waals surface area contributed by atoms with E-state index in [1.54, 1.807) is 33.1 Å². The van der Waals surface area contributed by atoms with E-state index in [-0.39, 0.29) is 11.5 Å². The molecule has 0 spiro atoms. The van der Waals surface area contributed by atoms with E-state index in [4.69, 9.17) is 33.2 Å². The van der Waals surface area contributed by atoms with Crippen molar-refractivity contribution in [2.24, 2.45) is 0 Å². The first-order chi connectivity index (χ1) is 21.1. The van der Waals surface area contributed by atoms with E-state index in [1.807, 2.05) is 12.1 Å². The molecule has 6 rings (SSSR count). The van der Waals surface area contributed by atoms with Gasteiger partial charge in [0.2, 0.25) is 12.6 Å². The molecule has 242 valence electrons. The Morgan fingerprint density at radius 3 is 1.98 bits per heavy atom. The Hall–Kier alpha value is -2.76. The third-order valence-corrected chi connectivity index (χ3v) is 8.81. The second kappa shape index (κ2) is 12.2. The fraction of sp³-hybridized carbons (Fsp3) is 0.600. The summed E-state index contributed by atoms with van der Waals surface area (Å²) in [6.45, 7) is 2.21. The standard InChI is InChI=1S/C30H38O14/c1-11-25(43-29-24(37)22(35)20(33)17(9-31)41-29)12(2)27-19-16(40-28-23(36)21(34)18(10-32)42-30(28)44-27)8-15(39-26(11)19)13-4-6-14(38-3)7-5-13/h4-7,15-18,20-24,28-37H,8-10H2,1-3H3/t15-,16+,17+,18+,20+,21+,22-,23-,24+,28+,29-,30-/m0/s1. The third kappa shape index (κ3) is 5.18. The SMILES string of the molecule is COc1ccc([C@@H]2C[C@H]3O[C@H]4[C@H](Oc5c(C)c(O[C@@H]6O[C@H](CO)[C@@H](O)[C@H](O)[C@H]6O)c(C)c(c53)O2)O[C@H](CO)[C@@H](O)[C@@H]4O)cc1. The molecular formula is C30H38O14. The van der Waals surface area contributed by atoms with Crippen molar-refractivity contribution < 1.29 is 68.9 Å². The molecule has 14 heteroatoms. The summed E-state index contributed by atoms with van der Waals surface area (Å²) in [5.41, 5.74) is 2.23. The smallest absolute Gasteiger partial charge is 0.229 e. The molecule has 7 N–H and O–H groups in total. The normalized spacial score (nSPS) is 38.0. The molecule has 44 heavy (non-hydrogen) atoms. The number of benzene rings is 2. The monoisotopic (exact) mass is 622 g/mol. The van der Waals surface area contributed by atoms with Gasteiger partial charge in [0.1, 0.15) is 77.9 Å². The molecule has 0 amide bonds. The highest BCUT2D eigenvalue weighted by molar-refractivity contribution is 5.64. The van der Waals surface area contributed by atoms with Crippen LogP contribution in [0.1, 0.15) is 40.9 Å². The Morgan fingerprint density at radius 2 is 1.34 bits per heavy atom. The third-order valence-electron chi connectivity index (χ3n) is 8.81. The quantitative estimate of drug-likeness (QED) is 0.212. The fourth-order valence-corrected chi connectivity index (χ4v) is 6.30. The predicted octanol–water partition coefficient (Wildman–Crippen LogP) is -0.728. The minimum absolute atomic E-state index is 0.172. The van der Waals surface area contributed by atoms with Gasteiger partial charge in [-0.05, 0) is 31.5 Å². The van der Waals surface area contributed by atoms with Crippen molar-refractivity contribution >= 4 is 0 Å². The van der Waals surface area contributed by atoms with Gasteiger partial charge in [-0.2, -0.15) is 0 Å². The van der Waals surface area contributed by atoms with Crippen LogP contribution in [0.5, 0.6) is 23.0 Å². The van der Waals surface area contributed by atoms with Gasteiger partial charge in [-0.15, -0.1) is 0 Å². The summed E-state index contributed by atoms with van der Waals surface area (Å²) in [6.07, 6.45) is -14.9. The lowest BCUT2D eigenvalue weighted by Gasteiger charge is -2.41. The molecule has 0 saturated carbocycles. The number of ether oxygens (including phenoxy) is 7. The van der Waals surface area contributed by atoms with Gasteiger partial charge in [-0.25, -0.2) is 0 Å². The van der Waals surface area contributed by atoms with Crippen molar-refractivity contribution in [2.45, 2.75) is 93.9 Å². The van der Waals surface area contributed by atoms with E-state index in [9.17, 15) is 35.7 Å². The molecule has 4 aliphatic heterocycles. The molecule has 0 radical (unpaired) electrons. The highest BCUT2D eigenvalue weighted by atomic mass is 16.7. The van der Waals surface area contributed by atoms with Gasteiger partial charge >= 0.3 is 0 Å². The lowest BCUT2D eigenvalue weighted by atomic mass is 9.90. The first-order valence-electron chi connectivity index (χ1n) is 14.5. The van der Waals surface area contributed by atoms with Gasteiger partial charge in [-0.1, -0.05) is 12.1 Å². The van der Waals surface area contributed by atoms with Crippen LogP contribution in [0.25, 0.3) is 0 Å². The van der Waals surface area contributed by atoms with Gasteiger partial charge in [0.05, 0.1) is 32.0 Å². The molecule has 0 bridgehead atoms. The molecule has 2 aromatic rings. The molecule has 0 aliphatic carbocycles. The van der Waals surface area contributed by atoms with E-state index in [0.29, 0.717) is 34.6 Å². The molecule has 2 aromatic carbocycles. The van der Waals surface area contributed by atoms with E-state index < -0.39 is 86.8 Å². The molecular weight excluding hydrogens is 584 g/mol. The summed E-state index contributed by atoms with van der Waals surface area (Å²) in [6, 6.07) is 7.31. The Morgan fingerprint density at radius 1 is 0.727 bits per heavy atom. The highest BCUT2D eigenvalue weighted by Crippen LogP contribution is 2.55. The molecule has 2 saturated heterocycles. The Balaban J connectivity index is 1.44. The zero-order chi connectivity index (χ0) is 31.4. The van der Waals surface area contributed by atoms with Crippen molar-refractivity contribution in [1.82, 2.24) is 0 Å². The summed E-state index contributed by atoms with van der Waals surface area (Å²) in [4.78, 5) is 0. The summed E-state index contributed by atoms with van der Waals surface area (Å²) in [5, 5.41) is 72.3. The number of hydrogen-bond acceptors (Lipinski definition) is 14. The number of hydrogen-bond donors (Lipinski definition) is 7. The van der Waals surface area contributed by atoms with Crippen LogP contribution in [0.15, 0.2) is 24.3 Å². The number of aliphatic hydroxyl groups excluding tert-OH is 7. The fourth-order valence-electron chi connectivity index (χ4n) is 6.30. The number of fused-ring (bicyclic) bond motifs is 1. The summed E-state index contributed by atoms with van der Waals surface area (Å²) in [7, 11) is 1.57. The topological polar surface area (TPSA) is 206 Å². The van der Waals surface area contributed by atoms with Crippen molar-refractivity contribution in [2.75, 3.05) is 20.3 Å². The Bertz CT molecular complexity index is 1330. The molecule has 2 fully saturated rings. The second-order valence-electron chi connectivity index (χ2n) is 11.5. The van der Waals surface area contributed by atoms with E-state index in [0.717, 1.165) is 5.56 Å². The highest BCUT2D eigenvalue weighted by Gasteiger charge is 2.52. The van der Waals surface area contributed by atoms with E-state index >= 15 is 0 Å².